The number of fused-ring (bicyclic) bond motifs is 1. The number of rotatable bonds is 6. The molecule has 11 nitrogen and oxygen atoms in total. The fourth-order valence-electron chi connectivity index (χ4n) is 4.42. The number of aliphatic hydroxyl groups is 1. The van der Waals surface area contributed by atoms with Crippen molar-refractivity contribution in [3.63, 3.8) is 0 Å². The molecule has 0 fully saturated rings. The van der Waals surface area contributed by atoms with Crippen LogP contribution >= 0.6 is 0 Å². The number of carboxylic acid groups (broad SMARTS) is 1. The van der Waals surface area contributed by atoms with Crippen molar-refractivity contribution in [1.82, 2.24) is 29.3 Å². The van der Waals surface area contributed by atoms with E-state index in [1.54, 1.807) is 48.3 Å². The molecule has 200 valence electrons. The van der Waals surface area contributed by atoms with Gasteiger partial charge in [-0.25, -0.2) is 9.48 Å². The Morgan fingerprint density at radius 3 is 2.46 bits per heavy atom. The topological polar surface area (TPSA) is 140 Å². The summed E-state index contributed by atoms with van der Waals surface area (Å²) in [5, 5.41) is 37.5. The van der Waals surface area contributed by atoms with E-state index >= 15 is 0 Å². The van der Waals surface area contributed by atoms with Crippen LogP contribution in [0.5, 0.6) is 0 Å². The van der Waals surface area contributed by atoms with E-state index < -0.39 is 12.6 Å². The molecule has 5 rings (SSSR count). The Morgan fingerprint density at radius 2 is 1.82 bits per heavy atom. The second-order valence-corrected chi connectivity index (χ2v) is 10.4. The highest BCUT2D eigenvalue weighted by Crippen LogP contribution is 2.27. The number of aromatic nitrogens is 6. The van der Waals surface area contributed by atoms with Crippen LogP contribution in [0, 0.1) is 6.92 Å². The van der Waals surface area contributed by atoms with Crippen LogP contribution in [-0.2, 0) is 19.1 Å². The van der Waals surface area contributed by atoms with Crippen molar-refractivity contribution in [3.05, 3.63) is 87.6 Å². The number of hydrogen-bond acceptors (Lipinski definition) is 7. The molecule has 0 atom stereocenters. The molecule has 0 saturated heterocycles. The van der Waals surface area contributed by atoms with E-state index in [4.69, 9.17) is 0 Å². The van der Waals surface area contributed by atoms with Gasteiger partial charge in [0.2, 0.25) is 0 Å². The minimum absolute atomic E-state index is 0.0802. The fourth-order valence-corrected chi connectivity index (χ4v) is 4.42. The summed E-state index contributed by atoms with van der Waals surface area (Å²) in [4.78, 5) is 25.5. The monoisotopic (exact) mass is 527 g/mol. The smallest absolute Gasteiger partial charge is 0.341 e. The third-order valence-electron chi connectivity index (χ3n) is 6.72. The normalized spacial score (nSPS) is 11.7. The lowest BCUT2D eigenvalue weighted by Gasteiger charge is -2.19. The van der Waals surface area contributed by atoms with Gasteiger partial charge in [0.05, 0.1) is 29.6 Å². The van der Waals surface area contributed by atoms with Gasteiger partial charge in [-0.1, -0.05) is 32.9 Å². The minimum Gasteiger partial charge on any atom is -0.477 e. The first-order valence-electron chi connectivity index (χ1n) is 12.3. The number of benzene rings is 2. The van der Waals surface area contributed by atoms with Gasteiger partial charge in [0.25, 0.3) is 5.56 Å². The predicted octanol–water partition coefficient (Wildman–Crippen LogP) is 3.84. The van der Waals surface area contributed by atoms with Gasteiger partial charge in [0, 0.05) is 36.0 Å². The molecule has 0 radical (unpaired) electrons. The van der Waals surface area contributed by atoms with Gasteiger partial charge in [-0.05, 0) is 42.2 Å². The zero-order valence-electron chi connectivity index (χ0n) is 22.3. The molecule has 11 heteroatoms. The number of nitrogens with zero attached hydrogens (tertiary/aromatic N) is 6. The first-order chi connectivity index (χ1) is 18.5. The first kappa shape index (κ1) is 25.9. The van der Waals surface area contributed by atoms with E-state index in [-0.39, 0.29) is 22.4 Å². The maximum absolute atomic E-state index is 13.5. The Balaban J connectivity index is 1.61. The molecule has 0 unspecified atom stereocenters. The number of carbonyl (C=O) groups is 1. The highest BCUT2D eigenvalue weighted by Gasteiger charge is 2.21. The summed E-state index contributed by atoms with van der Waals surface area (Å²) >= 11 is 0. The SMILES string of the molecule is Cc1cc(Nc2nn(-c3cccc(-n4ncc5cc(C(C)(C)C)ccc5c4=O)c3CO)cc2C(=O)O)nn1C. The van der Waals surface area contributed by atoms with E-state index in [2.05, 4.69) is 41.4 Å². The summed E-state index contributed by atoms with van der Waals surface area (Å²) in [5.74, 6) is -0.647. The van der Waals surface area contributed by atoms with Crippen LogP contribution in [-0.4, -0.2) is 45.5 Å². The van der Waals surface area contributed by atoms with E-state index in [0.717, 1.165) is 16.6 Å². The Hall–Kier alpha value is -4.77. The van der Waals surface area contributed by atoms with Crippen molar-refractivity contribution in [1.29, 1.82) is 0 Å². The standard InChI is InChI=1S/C28H29N7O4/c1-16-11-24(31-33(16)5)30-25-20(27(38)39)14-34(32-25)22-7-6-8-23(21(22)15-36)35-26(37)19-10-9-18(28(2,3)4)12-17(19)13-29-35/h6-14,36H,15H2,1-5H3,(H,38,39)(H,30,31,32). The average molecular weight is 528 g/mol. The molecule has 2 aromatic carbocycles. The van der Waals surface area contributed by atoms with Crippen LogP contribution in [0.15, 0.2) is 59.7 Å². The summed E-state index contributed by atoms with van der Waals surface area (Å²) in [6, 6.07) is 12.5. The lowest BCUT2D eigenvalue weighted by Crippen LogP contribution is -2.23. The third-order valence-corrected chi connectivity index (χ3v) is 6.72. The maximum atomic E-state index is 13.5. The Kier molecular flexibility index (Phi) is 6.31. The number of aromatic carboxylic acids is 1. The molecule has 0 bridgehead atoms. The van der Waals surface area contributed by atoms with Gasteiger partial charge in [-0.3, -0.25) is 9.48 Å². The van der Waals surface area contributed by atoms with Crippen molar-refractivity contribution in [2.24, 2.45) is 7.05 Å². The van der Waals surface area contributed by atoms with E-state index in [9.17, 15) is 19.8 Å². The number of anilines is 2. The molecule has 0 saturated carbocycles. The Labute approximate surface area is 223 Å². The van der Waals surface area contributed by atoms with E-state index in [1.807, 2.05) is 19.1 Å². The van der Waals surface area contributed by atoms with E-state index in [0.29, 0.717) is 28.1 Å². The quantitative estimate of drug-likeness (QED) is 0.303. The molecule has 0 aliphatic carbocycles. The largest absolute Gasteiger partial charge is 0.477 e. The van der Waals surface area contributed by atoms with Gasteiger partial charge in [0.15, 0.2) is 11.6 Å². The van der Waals surface area contributed by atoms with Gasteiger partial charge >= 0.3 is 5.97 Å². The van der Waals surface area contributed by atoms with Gasteiger partial charge in [-0.2, -0.15) is 14.9 Å². The molecule has 5 aromatic rings. The van der Waals surface area contributed by atoms with Crippen molar-refractivity contribution in [2.45, 2.75) is 39.7 Å². The molecule has 0 spiro atoms. The Morgan fingerprint density at radius 1 is 1.08 bits per heavy atom. The van der Waals surface area contributed by atoms with Gasteiger partial charge in [0.1, 0.15) is 5.56 Å². The van der Waals surface area contributed by atoms with Crippen LogP contribution in [0.3, 0.4) is 0 Å². The summed E-state index contributed by atoms with van der Waals surface area (Å²) in [6.45, 7) is 7.74. The zero-order valence-corrected chi connectivity index (χ0v) is 22.3. The van der Waals surface area contributed by atoms with Crippen LogP contribution in [0.25, 0.3) is 22.1 Å². The molecule has 0 aliphatic rings. The average Bonchev–Trinajstić information content (AvgIpc) is 3.45. The summed E-state index contributed by atoms with van der Waals surface area (Å²) in [6.07, 6.45) is 2.98. The number of hydrogen-bond donors (Lipinski definition) is 3. The molecule has 0 aliphatic heterocycles. The van der Waals surface area contributed by atoms with Crippen LogP contribution < -0.4 is 10.9 Å². The highest BCUT2D eigenvalue weighted by atomic mass is 16.4. The van der Waals surface area contributed by atoms with Crippen LogP contribution in [0.4, 0.5) is 11.6 Å². The molecule has 3 heterocycles. The lowest BCUT2D eigenvalue weighted by atomic mass is 9.86. The predicted molar refractivity (Wildman–Crippen MR) is 147 cm³/mol. The van der Waals surface area contributed by atoms with Crippen molar-refractivity contribution in [3.8, 4) is 11.4 Å². The highest BCUT2D eigenvalue weighted by molar-refractivity contribution is 5.94. The molecule has 39 heavy (non-hydrogen) atoms. The fraction of sp³-hybridized carbons (Fsp3) is 0.250. The minimum atomic E-state index is -1.18. The van der Waals surface area contributed by atoms with Crippen molar-refractivity contribution in [2.75, 3.05) is 5.32 Å². The summed E-state index contributed by atoms with van der Waals surface area (Å²) in [7, 11) is 1.78. The van der Waals surface area contributed by atoms with Gasteiger partial charge < -0.3 is 15.5 Å². The molecule has 3 aromatic heterocycles. The molecular formula is C28H29N7O4. The van der Waals surface area contributed by atoms with Gasteiger partial charge in [-0.15, -0.1) is 5.10 Å². The van der Waals surface area contributed by atoms with Crippen LogP contribution in [0.2, 0.25) is 0 Å². The third kappa shape index (κ3) is 4.68. The van der Waals surface area contributed by atoms with Crippen molar-refractivity contribution < 1.29 is 15.0 Å². The number of nitrogens with one attached hydrogen (secondary N) is 1. The molecule has 3 N–H and O–H groups in total. The zero-order chi connectivity index (χ0) is 28.1. The molecule has 0 amide bonds. The second-order valence-electron chi connectivity index (χ2n) is 10.4. The van der Waals surface area contributed by atoms with Crippen LogP contribution in [0.1, 0.15) is 48.0 Å². The summed E-state index contributed by atoms with van der Waals surface area (Å²) in [5.41, 5.74) is 2.60. The first-order valence-corrected chi connectivity index (χ1v) is 12.3. The maximum Gasteiger partial charge on any atom is 0.341 e. The van der Waals surface area contributed by atoms with Crippen molar-refractivity contribution >= 4 is 28.4 Å². The molecular weight excluding hydrogens is 498 g/mol. The number of aryl methyl sites for hydroxylation is 2. The summed E-state index contributed by atoms with van der Waals surface area (Å²) < 4.78 is 4.26. The Bertz CT molecular complexity index is 1770. The number of aliphatic hydroxyl groups excluding tert-OH is 1. The number of carboxylic acids is 1. The van der Waals surface area contributed by atoms with E-state index in [1.165, 1.54) is 15.6 Å². The second kappa shape index (κ2) is 9.52. The lowest BCUT2D eigenvalue weighted by molar-refractivity contribution is 0.0698.